The average molecular weight is 455 g/mol. The lowest BCUT2D eigenvalue weighted by molar-refractivity contribution is -0.144. The molecule has 0 aliphatic heterocycles. The second-order valence-electron chi connectivity index (χ2n) is 7.28. The maximum Gasteiger partial charge on any atom is 0.344 e. The van der Waals surface area contributed by atoms with Crippen LogP contribution < -0.4 is 9.47 Å². The quantitative estimate of drug-likeness (QED) is 0.380. The molecule has 2 aromatic carbocycles. The number of carboxylic acid groups (broad SMARTS) is 1. The molecule has 6 nitrogen and oxygen atoms in total. The molecule has 0 bridgehead atoms. The lowest BCUT2D eigenvalue weighted by Crippen LogP contribution is -2.23. The topological polar surface area (TPSA) is 73.6 Å². The zero-order valence-corrected chi connectivity index (χ0v) is 18.1. The second kappa shape index (κ2) is 8.88. The molecule has 0 fully saturated rings. The third kappa shape index (κ3) is 4.38. The van der Waals surface area contributed by atoms with Crippen LogP contribution >= 0.6 is 11.6 Å². The number of aromatic nitrogens is 2. The zero-order valence-electron chi connectivity index (χ0n) is 17.4. The van der Waals surface area contributed by atoms with E-state index in [2.05, 4.69) is 4.98 Å². The maximum absolute atomic E-state index is 14.6. The number of aliphatic carboxylic acids is 1. The number of benzene rings is 2. The number of pyridine rings is 1. The van der Waals surface area contributed by atoms with Gasteiger partial charge in [0, 0.05) is 16.8 Å². The van der Waals surface area contributed by atoms with Gasteiger partial charge >= 0.3 is 5.97 Å². The number of halogens is 2. The first-order valence-electron chi connectivity index (χ1n) is 9.88. The van der Waals surface area contributed by atoms with Crippen LogP contribution in [-0.2, 0) is 11.3 Å². The molecule has 1 atom stereocenters. The van der Waals surface area contributed by atoms with Crippen LogP contribution in [0.4, 0.5) is 4.39 Å². The number of nitrogens with zero attached hydrogens (tertiary/aromatic N) is 2. The Morgan fingerprint density at radius 2 is 1.91 bits per heavy atom. The minimum atomic E-state index is -1.10. The highest BCUT2D eigenvalue weighted by atomic mass is 35.5. The number of carbonyl (C=O) groups is 1. The highest BCUT2D eigenvalue weighted by molar-refractivity contribution is 6.30. The van der Waals surface area contributed by atoms with Gasteiger partial charge in [-0.05, 0) is 68.4 Å². The molecule has 0 saturated carbocycles. The van der Waals surface area contributed by atoms with Crippen molar-refractivity contribution >= 4 is 28.6 Å². The molecule has 164 valence electrons. The zero-order chi connectivity index (χ0) is 22.8. The van der Waals surface area contributed by atoms with Crippen LogP contribution in [0, 0.1) is 12.7 Å². The SMILES string of the molecule is Cc1c(Oc2ccc(Cl)cc2)c2cccnc2n1Cc1cc(O[C@@H](C)C(=O)O)ccc1F. The predicted octanol–water partition coefficient (Wildman–Crippen LogP) is 5.83. The fraction of sp³-hybridized carbons (Fsp3) is 0.167. The van der Waals surface area contributed by atoms with Crippen LogP contribution in [-0.4, -0.2) is 26.7 Å². The van der Waals surface area contributed by atoms with Crippen LogP contribution in [0.1, 0.15) is 18.2 Å². The maximum atomic E-state index is 14.6. The fourth-order valence-corrected chi connectivity index (χ4v) is 3.50. The van der Waals surface area contributed by atoms with Gasteiger partial charge in [-0.15, -0.1) is 0 Å². The van der Waals surface area contributed by atoms with E-state index in [1.165, 1.54) is 25.1 Å². The fourth-order valence-electron chi connectivity index (χ4n) is 3.38. The summed E-state index contributed by atoms with van der Waals surface area (Å²) in [5, 5.41) is 10.5. The monoisotopic (exact) mass is 454 g/mol. The lowest BCUT2D eigenvalue weighted by Gasteiger charge is -2.13. The number of hydrogen-bond donors (Lipinski definition) is 1. The van der Waals surface area contributed by atoms with E-state index in [0.717, 1.165) is 11.1 Å². The van der Waals surface area contributed by atoms with Crippen molar-refractivity contribution in [3.05, 3.63) is 82.9 Å². The highest BCUT2D eigenvalue weighted by Gasteiger charge is 2.19. The third-order valence-electron chi connectivity index (χ3n) is 5.06. The summed E-state index contributed by atoms with van der Waals surface area (Å²) in [6, 6.07) is 14.9. The Kier molecular flexibility index (Phi) is 6.01. The predicted molar refractivity (Wildman–Crippen MR) is 119 cm³/mol. The van der Waals surface area contributed by atoms with Crippen molar-refractivity contribution in [2.75, 3.05) is 0 Å². The smallest absolute Gasteiger partial charge is 0.344 e. The minimum absolute atomic E-state index is 0.161. The molecule has 0 spiro atoms. The Bertz CT molecular complexity index is 1290. The van der Waals surface area contributed by atoms with Crippen molar-refractivity contribution in [3.63, 3.8) is 0 Å². The number of ether oxygens (including phenoxy) is 2. The van der Waals surface area contributed by atoms with E-state index in [4.69, 9.17) is 26.2 Å². The normalized spacial score (nSPS) is 12.0. The van der Waals surface area contributed by atoms with Crippen molar-refractivity contribution in [2.45, 2.75) is 26.5 Å². The van der Waals surface area contributed by atoms with E-state index in [9.17, 15) is 9.18 Å². The average Bonchev–Trinajstić information content (AvgIpc) is 3.03. The van der Waals surface area contributed by atoms with E-state index in [-0.39, 0.29) is 12.3 Å². The van der Waals surface area contributed by atoms with Gasteiger partial charge in [-0.3, -0.25) is 0 Å². The van der Waals surface area contributed by atoms with Gasteiger partial charge < -0.3 is 19.1 Å². The van der Waals surface area contributed by atoms with E-state index in [0.29, 0.717) is 27.7 Å². The van der Waals surface area contributed by atoms with E-state index >= 15 is 0 Å². The minimum Gasteiger partial charge on any atom is -0.479 e. The molecule has 0 aliphatic rings. The Morgan fingerprint density at radius 3 is 2.62 bits per heavy atom. The van der Waals surface area contributed by atoms with Gasteiger partial charge in [0.15, 0.2) is 11.9 Å². The van der Waals surface area contributed by atoms with Gasteiger partial charge in [0.25, 0.3) is 0 Å². The molecule has 0 amide bonds. The molecule has 0 unspecified atom stereocenters. The number of hydrogen-bond acceptors (Lipinski definition) is 4. The molecule has 0 aliphatic carbocycles. The molecule has 1 N–H and O–H groups in total. The number of carboxylic acids is 1. The summed E-state index contributed by atoms with van der Waals surface area (Å²) in [7, 11) is 0. The van der Waals surface area contributed by atoms with E-state index < -0.39 is 17.9 Å². The van der Waals surface area contributed by atoms with Crippen LogP contribution in [0.2, 0.25) is 5.02 Å². The highest BCUT2D eigenvalue weighted by Crippen LogP contribution is 2.36. The van der Waals surface area contributed by atoms with E-state index in [1.54, 1.807) is 30.5 Å². The summed E-state index contributed by atoms with van der Waals surface area (Å²) in [4.78, 5) is 15.5. The second-order valence-corrected chi connectivity index (χ2v) is 7.72. The molecule has 4 rings (SSSR count). The molecule has 0 saturated heterocycles. The van der Waals surface area contributed by atoms with Gasteiger partial charge in [0.1, 0.15) is 23.0 Å². The van der Waals surface area contributed by atoms with Crippen molar-refractivity contribution in [3.8, 4) is 17.2 Å². The first kappa shape index (κ1) is 21.6. The molecular formula is C24H20ClFN2O4. The van der Waals surface area contributed by atoms with Crippen molar-refractivity contribution in [1.29, 1.82) is 0 Å². The summed E-state index contributed by atoms with van der Waals surface area (Å²) in [6.45, 7) is 3.45. The largest absolute Gasteiger partial charge is 0.479 e. The summed E-state index contributed by atoms with van der Waals surface area (Å²) >= 11 is 5.96. The molecule has 8 heteroatoms. The van der Waals surface area contributed by atoms with Crippen LogP contribution in [0.3, 0.4) is 0 Å². The molecule has 4 aromatic rings. The van der Waals surface area contributed by atoms with Crippen LogP contribution in [0.15, 0.2) is 60.8 Å². The molecular weight excluding hydrogens is 435 g/mol. The third-order valence-corrected chi connectivity index (χ3v) is 5.31. The van der Waals surface area contributed by atoms with Gasteiger partial charge in [-0.25, -0.2) is 14.2 Å². The first-order chi connectivity index (χ1) is 15.3. The molecule has 32 heavy (non-hydrogen) atoms. The first-order valence-corrected chi connectivity index (χ1v) is 10.3. The Morgan fingerprint density at radius 1 is 1.19 bits per heavy atom. The molecule has 2 heterocycles. The summed E-state index contributed by atoms with van der Waals surface area (Å²) in [5.41, 5.74) is 1.74. The summed E-state index contributed by atoms with van der Waals surface area (Å²) in [5.74, 6) is -0.0302. The van der Waals surface area contributed by atoms with Crippen molar-refractivity contribution in [1.82, 2.24) is 9.55 Å². The summed E-state index contributed by atoms with van der Waals surface area (Å²) in [6.07, 6.45) is 0.609. The van der Waals surface area contributed by atoms with Crippen molar-refractivity contribution in [2.24, 2.45) is 0 Å². The Balaban J connectivity index is 1.72. The van der Waals surface area contributed by atoms with Gasteiger partial charge in [0.05, 0.1) is 17.6 Å². The van der Waals surface area contributed by atoms with Crippen LogP contribution in [0.5, 0.6) is 17.2 Å². The standard InChI is InChI=1S/C24H20ClFN2O4/c1-14-22(32-18-7-5-17(25)6-8-18)20-4-3-11-27-23(20)28(14)13-16-12-19(9-10-21(16)26)31-15(2)24(29)30/h3-12,15H,13H2,1-2H3,(H,29,30)/t15-/m0/s1. The Labute approximate surface area is 188 Å². The van der Waals surface area contributed by atoms with Gasteiger partial charge in [-0.1, -0.05) is 11.6 Å². The molecule has 2 aromatic heterocycles. The Hall–Kier alpha value is -3.58. The molecule has 0 radical (unpaired) electrons. The number of fused-ring (bicyclic) bond motifs is 1. The van der Waals surface area contributed by atoms with Crippen molar-refractivity contribution < 1.29 is 23.8 Å². The van der Waals surface area contributed by atoms with E-state index in [1.807, 2.05) is 23.6 Å². The number of rotatable bonds is 7. The van der Waals surface area contributed by atoms with Gasteiger partial charge in [0.2, 0.25) is 0 Å². The summed E-state index contributed by atoms with van der Waals surface area (Å²) < 4.78 is 28.0. The van der Waals surface area contributed by atoms with Gasteiger partial charge in [-0.2, -0.15) is 0 Å². The van der Waals surface area contributed by atoms with Crippen LogP contribution in [0.25, 0.3) is 11.0 Å². The lowest BCUT2D eigenvalue weighted by atomic mass is 10.2.